The fraction of sp³-hybridized carbons (Fsp3) is 0.300. The Kier molecular flexibility index (Phi) is 6.64. The average molecular weight is 419 g/mol. The van der Waals surface area contributed by atoms with Crippen molar-refractivity contribution in [3.63, 3.8) is 0 Å². The number of hydrogen-bond acceptors (Lipinski definition) is 6. The van der Waals surface area contributed by atoms with Gasteiger partial charge in [0.2, 0.25) is 0 Å². The van der Waals surface area contributed by atoms with E-state index in [0.717, 1.165) is 30.0 Å². The first-order chi connectivity index (χ1) is 13.5. The molecule has 1 N–H and O–H groups in total. The van der Waals surface area contributed by atoms with Crippen LogP contribution in [0.3, 0.4) is 0 Å². The molecule has 148 valence electrons. The number of carbonyl (C=O) groups is 1. The molecule has 1 amide bonds. The number of hydrogen-bond donors (Lipinski definition) is 1. The summed E-state index contributed by atoms with van der Waals surface area (Å²) in [5.41, 5.74) is 1.39. The number of rotatable bonds is 9. The number of unbranched alkanes of at least 4 members (excludes halogenated alkanes) is 1. The van der Waals surface area contributed by atoms with Gasteiger partial charge in [-0.3, -0.25) is 4.79 Å². The minimum absolute atomic E-state index is 0.0510. The van der Waals surface area contributed by atoms with Gasteiger partial charge in [-0.15, -0.1) is 11.3 Å². The summed E-state index contributed by atoms with van der Waals surface area (Å²) in [6, 6.07) is 9.70. The van der Waals surface area contributed by atoms with Crippen LogP contribution in [-0.4, -0.2) is 25.9 Å². The number of aromatic nitrogens is 1. The van der Waals surface area contributed by atoms with Crippen molar-refractivity contribution < 1.29 is 17.6 Å². The van der Waals surface area contributed by atoms with Crippen molar-refractivity contribution >= 4 is 27.1 Å². The molecule has 6 nitrogen and oxygen atoms in total. The Hall–Kier alpha value is -2.45. The molecule has 0 aliphatic rings. The second-order valence-electron chi connectivity index (χ2n) is 6.44. The van der Waals surface area contributed by atoms with E-state index >= 15 is 0 Å². The highest BCUT2D eigenvalue weighted by atomic mass is 32.2. The van der Waals surface area contributed by atoms with Gasteiger partial charge in [-0.05, 0) is 44.4 Å². The van der Waals surface area contributed by atoms with Crippen molar-refractivity contribution in [3.8, 4) is 0 Å². The third-order valence-electron chi connectivity index (χ3n) is 4.17. The number of benzene rings is 1. The first-order valence-corrected chi connectivity index (χ1v) is 11.5. The van der Waals surface area contributed by atoms with Crippen LogP contribution in [0.25, 0.3) is 0 Å². The van der Waals surface area contributed by atoms with Gasteiger partial charge in [0.25, 0.3) is 5.91 Å². The topological polar surface area (TPSA) is 89.3 Å². The number of aryl methyl sites for hydroxylation is 2. The van der Waals surface area contributed by atoms with Crippen molar-refractivity contribution in [2.75, 3.05) is 6.54 Å². The van der Waals surface area contributed by atoms with E-state index in [1.54, 1.807) is 41.7 Å². The molecule has 0 fully saturated rings. The Bertz CT molecular complexity index is 1020. The van der Waals surface area contributed by atoms with Gasteiger partial charge in [-0.2, -0.15) is 0 Å². The molecule has 3 rings (SSSR count). The van der Waals surface area contributed by atoms with Crippen LogP contribution in [0.1, 0.15) is 39.7 Å². The van der Waals surface area contributed by atoms with E-state index in [-0.39, 0.29) is 16.4 Å². The summed E-state index contributed by atoms with van der Waals surface area (Å²) in [4.78, 5) is 17.0. The molecule has 3 aromatic rings. The number of furan rings is 1. The number of thiazole rings is 1. The van der Waals surface area contributed by atoms with Gasteiger partial charge >= 0.3 is 0 Å². The molecular weight excluding hydrogens is 396 g/mol. The van der Waals surface area contributed by atoms with Crippen LogP contribution in [0.2, 0.25) is 0 Å². The van der Waals surface area contributed by atoms with Gasteiger partial charge in [-0.1, -0.05) is 18.2 Å². The quantitative estimate of drug-likeness (QED) is 0.534. The van der Waals surface area contributed by atoms with E-state index in [1.165, 1.54) is 12.3 Å². The zero-order valence-electron chi connectivity index (χ0n) is 15.6. The number of nitrogens with one attached hydrogen (secondary N) is 1. The van der Waals surface area contributed by atoms with Crippen molar-refractivity contribution in [3.05, 3.63) is 70.1 Å². The molecule has 1 aromatic carbocycles. The number of nitrogens with zero attached hydrogens (tertiary/aromatic N) is 1. The van der Waals surface area contributed by atoms with Crippen LogP contribution in [0.4, 0.5) is 0 Å². The Morgan fingerprint density at radius 1 is 1.18 bits per heavy atom. The number of sulfone groups is 1. The normalized spacial score (nSPS) is 11.5. The van der Waals surface area contributed by atoms with Gasteiger partial charge in [0.15, 0.2) is 15.6 Å². The summed E-state index contributed by atoms with van der Waals surface area (Å²) >= 11 is 1.65. The molecule has 2 aromatic heterocycles. The van der Waals surface area contributed by atoms with E-state index in [4.69, 9.17) is 4.42 Å². The van der Waals surface area contributed by atoms with Crippen LogP contribution >= 0.6 is 11.3 Å². The summed E-state index contributed by atoms with van der Waals surface area (Å²) in [7, 11) is -3.54. The SMILES string of the molecule is Cc1csc(CCCCNC(=O)c2occc2CS(=O)(=O)c2ccccc2)n1. The lowest BCUT2D eigenvalue weighted by atomic mass is 10.2. The maximum Gasteiger partial charge on any atom is 0.287 e. The minimum atomic E-state index is -3.54. The second kappa shape index (κ2) is 9.16. The van der Waals surface area contributed by atoms with E-state index in [2.05, 4.69) is 10.3 Å². The highest BCUT2D eigenvalue weighted by Gasteiger charge is 2.22. The molecule has 8 heteroatoms. The second-order valence-corrected chi connectivity index (χ2v) is 9.37. The predicted molar refractivity (Wildman–Crippen MR) is 108 cm³/mol. The minimum Gasteiger partial charge on any atom is -0.459 e. The monoisotopic (exact) mass is 418 g/mol. The van der Waals surface area contributed by atoms with Crippen LogP contribution in [-0.2, 0) is 22.0 Å². The van der Waals surface area contributed by atoms with Gasteiger partial charge in [0.05, 0.1) is 21.9 Å². The van der Waals surface area contributed by atoms with E-state index in [9.17, 15) is 13.2 Å². The molecule has 0 spiro atoms. The standard InChI is InChI=1S/C20H22N2O4S2/c1-15-13-27-18(22-15)9-5-6-11-21-20(23)19-16(10-12-26-19)14-28(24,25)17-7-3-2-4-8-17/h2-4,7-8,10,12-13H,5-6,9,11,14H2,1H3,(H,21,23). The summed E-state index contributed by atoms with van der Waals surface area (Å²) in [5, 5.41) is 5.93. The fourth-order valence-electron chi connectivity index (χ4n) is 2.77. The molecular formula is C20H22N2O4S2. The van der Waals surface area contributed by atoms with Gasteiger partial charge in [0, 0.05) is 23.2 Å². The van der Waals surface area contributed by atoms with Crippen molar-refractivity contribution in [1.29, 1.82) is 0 Å². The zero-order valence-corrected chi connectivity index (χ0v) is 17.2. The van der Waals surface area contributed by atoms with E-state index in [1.807, 2.05) is 12.3 Å². The molecule has 0 saturated heterocycles. The highest BCUT2D eigenvalue weighted by molar-refractivity contribution is 7.90. The molecule has 2 heterocycles. The summed E-state index contributed by atoms with van der Waals surface area (Å²) < 4.78 is 30.3. The van der Waals surface area contributed by atoms with Gasteiger partial charge in [0.1, 0.15) is 0 Å². The average Bonchev–Trinajstić information content (AvgIpc) is 3.30. The third kappa shape index (κ3) is 5.30. The Morgan fingerprint density at radius 2 is 1.96 bits per heavy atom. The Balaban J connectivity index is 1.52. The maximum atomic E-state index is 12.5. The summed E-state index contributed by atoms with van der Waals surface area (Å²) in [5.74, 6) is -0.622. The first kappa shape index (κ1) is 20.3. The van der Waals surface area contributed by atoms with Crippen LogP contribution < -0.4 is 5.32 Å². The molecule has 0 aliphatic heterocycles. The molecule has 0 aliphatic carbocycles. The molecule has 0 unspecified atom stereocenters. The smallest absolute Gasteiger partial charge is 0.287 e. The lowest BCUT2D eigenvalue weighted by molar-refractivity contribution is 0.0924. The number of carbonyl (C=O) groups excluding carboxylic acids is 1. The molecule has 0 atom stereocenters. The first-order valence-electron chi connectivity index (χ1n) is 8.99. The van der Waals surface area contributed by atoms with Crippen LogP contribution in [0, 0.1) is 6.92 Å². The zero-order chi connectivity index (χ0) is 20.0. The maximum absolute atomic E-state index is 12.5. The lowest BCUT2D eigenvalue weighted by Gasteiger charge is -2.06. The third-order valence-corrected chi connectivity index (χ3v) is 6.88. The molecule has 0 bridgehead atoms. The Morgan fingerprint density at radius 3 is 2.68 bits per heavy atom. The Labute approximate surface area is 168 Å². The van der Waals surface area contributed by atoms with Crippen molar-refractivity contribution in [2.24, 2.45) is 0 Å². The van der Waals surface area contributed by atoms with Gasteiger partial charge in [-0.25, -0.2) is 13.4 Å². The summed E-state index contributed by atoms with van der Waals surface area (Å²) in [6.07, 6.45) is 3.95. The van der Waals surface area contributed by atoms with Crippen LogP contribution in [0.5, 0.6) is 0 Å². The summed E-state index contributed by atoms with van der Waals surface area (Å²) in [6.45, 7) is 2.47. The van der Waals surface area contributed by atoms with Gasteiger partial charge < -0.3 is 9.73 Å². The predicted octanol–water partition coefficient (Wildman–Crippen LogP) is 3.77. The van der Waals surface area contributed by atoms with E-state index < -0.39 is 15.7 Å². The van der Waals surface area contributed by atoms with Crippen molar-refractivity contribution in [1.82, 2.24) is 10.3 Å². The largest absolute Gasteiger partial charge is 0.459 e. The molecule has 0 radical (unpaired) electrons. The fourth-order valence-corrected chi connectivity index (χ4v) is 4.96. The molecule has 28 heavy (non-hydrogen) atoms. The van der Waals surface area contributed by atoms with Crippen molar-refractivity contribution in [2.45, 2.75) is 36.8 Å². The lowest BCUT2D eigenvalue weighted by Crippen LogP contribution is -2.25. The number of amides is 1. The highest BCUT2D eigenvalue weighted by Crippen LogP contribution is 2.20. The van der Waals surface area contributed by atoms with Crippen LogP contribution in [0.15, 0.2) is 57.4 Å². The van der Waals surface area contributed by atoms with E-state index in [0.29, 0.717) is 12.1 Å². The molecule has 0 saturated carbocycles.